The van der Waals surface area contributed by atoms with Crippen molar-refractivity contribution in [2.24, 2.45) is 0 Å². The van der Waals surface area contributed by atoms with Crippen molar-refractivity contribution in [3.8, 4) is 19.5 Å². The van der Waals surface area contributed by atoms with E-state index >= 15 is 0 Å². The quantitative estimate of drug-likeness (QED) is 0.535. The Labute approximate surface area is 129 Å². The molecule has 0 aliphatic rings. The molecule has 20 heavy (non-hydrogen) atoms. The Morgan fingerprint density at radius 3 is 1.80 bits per heavy atom. The molecule has 0 bridgehead atoms. The van der Waals surface area contributed by atoms with Gasteiger partial charge in [-0.2, -0.15) is 0 Å². The molecule has 0 unspecified atom stereocenters. The second-order valence-electron chi connectivity index (χ2n) is 4.19. The van der Waals surface area contributed by atoms with Crippen molar-refractivity contribution >= 4 is 46.4 Å². The van der Waals surface area contributed by atoms with Gasteiger partial charge in [0, 0.05) is 24.4 Å². The predicted molar refractivity (Wildman–Crippen MR) is 91.0 cm³/mol. The van der Waals surface area contributed by atoms with Crippen molar-refractivity contribution in [1.82, 2.24) is 0 Å². The molecular weight excluding hydrogens is 304 g/mol. The van der Waals surface area contributed by atoms with Gasteiger partial charge in [-0.3, -0.25) is 4.79 Å². The molecule has 1 nitrogen and oxygen atoms in total. The Balaban J connectivity index is 1.90. The Morgan fingerprint density at radius 1 is 0.750 bits per heavy atom. The fourth-order valence-corrected chi connectivity index (χ4v) is 4.88. The molecular formula is C16H12OS3. The summed E-state index contributed by atoms with van der Waals surface area (Å²) in [7, 11) is 0. The number of hydrogen-bond acceptors (Lipinski definition) is 4. The van der Waals surface area contributed by atoms with Gasteiger partial charge in [-0.1, -0.05) is 6.08 Å². The molecule has 3 rings (SSSR count). The van der Waals surface area contributed by atoms with Crippen molar-refractivity contribution in [1.29, 1.82) is 0 Å². The van der Waals surface area contributed by atoms with Crippen molar-refractivity contribution < 1.29 is 4.79 Å². The standard InChI is InChI=1S/C16H12OS3/c1-2-3-11-4-6-13(18-11)15-8-9-16(20-15)14-7-5-12(10-17)19-14/h2-10H,1H3/b3-2-. The smallest absolute Gasteiger partial charge is 0.160 e. The lowest BCUT2D eigenvalue weighted by atomic mass is 10.3. The number of rotatable bonds is 4. The van der Waals surface area contributed by atoms with E-state index in [-0.39, 0.29) is 0 Å². The number of allylic oxidation sites excluding steroid dienone is 1. The molecule has 0 saturated heterocycles. The minimum Gasteiger partial charge on any atom is -0.297 e. The second kappa shape index (κ2) is 5.87. The third kappa shape index (κ3) is 2.68. The first-order chi connectivity index (χ1) is 9.80. The normalized spacial score (nSPS) is 11.2. The van der Waals surface area contributed by atoms with Crippen molar-refractivity contribution in [3.05, 3.63) is 52.2 Å². The van der Waals surface area contributed by atoms with Gasteiger partial charge in [0.15, 0.2) is 6.29 Å². The maximum Gasteiger partial charge on any atom is 0.160 e. The lowest BCUT2D eigenvalue weighted by molar-refractivity contribution is 0.112. The average Bonchev–Trinajstić information content (AvgIpc) is 3.18. The van der Waals surface area contributed by atoms with Crippen molar-refractivity contribution in [2.75, 3.05) is 0 Å². The lowest BCUT2D eigenvalue weighted by Gasteiger charge is -1.90. The molecule has 4 heteroatoms. The summed E-state index contributed by atoms with van der Waals surface area (Å²) >= 11 is 5.12. The molecule has 0 N–H and O–H groups in total. The molecule has 3 aromatic heterocycles. The lowest BCUT2D eigenvalue weighted by Crippen LogP contribution is -1.62. The monoisotopic (exact) mass is 316 g/mol. The Kier molecular flexibility index (Phi) is 3.96. The third-order valence-electron chi connectivity index (χ3n) is 2.79. The van der Waals surface area contributed by atoms with Gasteiger partial charge in [-0.25, -0.2) is 0 Å². The third-order valence-corrected chi connectivity index (χ3v) is 6.33. The van der Waals surface area contributed by atoms with Gasteiger partial charge >= 0.3 is 0 Å². The van der Waals surface area contributed by atoms with Crippen LogP contribution in [-0.2, 0) is 0 Å². The number of aldehydes is 1. The molecule has 100 valence electrons. The van der Waals surface area contributed by atoms with Crippen LogP contribution in [0.15, 0.2) is 42.5 Å². The highest BCUT2D eigenvalue weighted by Gasteiger charge is 2.08. The fourth-order valence-electron chi connectivity index (χ4n) is 1.89. The van der Waals surface area contributed by atoms with Crippen LogP contribution in [0.2, 0.25) is 0 Å². The summed E-state index contributed by atoms with van der Waals surface area (Å²) in [5.74, 6) is 0. The summed E-state index contributed by atoms with van der Waals surface area (Å²) in [6.07, 6.45) is 5.09. The molecule has 0 spiro atoms. The highest BCUT2D eigenvalue weighted by atomic mass is 32.1. The highest BCUT2D eigenvalue weighted by Crippen LogP contribution is 2.39. The van der Waals surface area contributed by atoms with E-state index in [2.05, 4.69) is 36.4 Å². The minimum atomic E-state index is 0.779. The van der Waals surface area contributed by atoms with E-state index in [1.807, 2.05) is 19.1 Å². The SMILES string of the molecule is C/C=C\c1ccc(-c2ccc(-c3ccc(C=O)s3)s2)s1. The first-order valence-corrected chi connectivity index (χ1v) is 8.63. The molecule has 0 fully saturated rings. The number of carbonyl (C=O) groups is 1. The van der Waals surface area contributed by atoms with Crippen LogP contribution in [0.5, 0.6) is 0 Å². The van der Waals surface area contributed by atoms with E-state index < -0.39 is 0 Å². The largest absolute Gasteiger partial charge is 0.297 e. The number of carbonyl (C=O) groups excluding carboxylic acids is 1. The summed E-state index contributed by atoms with van der Waals surface area (Å²) in [6.45, 7) is 2.03. The average molecular weight is 316 g/mol. The van der Waals surface area contributed by atoms with Gasteiger partial charge < -0.3 is 0 Å². The second-order valence-corrected chi connectivity index (χ2v) is 7.50. The predicted octanol–water partition coefficient (Wildman–Crippen LogP) is 6.05. The van der Waals surface area contributed by atoms with E-state index in [4.69, 9.17) is 0 Å². The number of thiophene rings is 3. The zero-order valence-corrected chi connectivity index (χ0v) is 13.3. The summed E-state index contributed by atoms with van der Waals surface area (Å²) in [4.78, 5) is 17.8. The molecule has 0 aliphatic carbocycles. The van der Waals surface area contributed by atoms with Gasteiger partial charge in [0.25, 0.3) is 0 Å². The van der Waals surface area contributed by atoms with Gasteiger partial charge in [0.05, 0.1) is 4.88 Å². The molecule has 0 aromatic carbocycles. The van der Waals surface area contributed by atoms with E-state index in [0.29, 0.717) is 0 Å². The first kappa shape index (κ1) is 13.5. The molecule has 3 aromatic rings. The summed E-state index contributed by atoms with van der Waals surface area (Å²) in [5.41, 5.74) is 0. The summed E-state index contributed by atoms with van der Waals surface area (Å²) < 4.78 is 0. The van der Waals surface area contributed by atoms with Crippen LogP contribution in [0.1, 0.15) is 21.5 Å². The van der Waals surface area contributed by atoms with E-state index in [9.17, 15) is 4.79 Å². The molecule has 0 aliphatic heterocycles. The summed E-state index contributed by atoms with van der Waals surface area (Å²) in [6, 6.07) is 12.5. The van der Waals surface area contributed by atoms with E-state index in [0.717, 1.165) is 16.0 Å². The van der Waals surface area contributed by atoms with Crippen LogP contribution >= 0.6 is 34.0 Å². The molecule has 0 radical (unpaired) electrons. The maximum absolute atomic E-state index is 10.8. The Morgan fingerprint density at radius 2 is 1.25 bits per heavy atom. The maximum atomic E-state index is 10.8. The van der Waals surface area contributed by atoms with Crippen LogP contribution in [-0.4, -0.2) is 6.29 Å². The van der Waals surface area contributed by atoms with Crippen LogP contribution in [0.3, 0.4) is 0 Å². The fraction of sp³-hybridized carbons (Fsp3) is 0.0625. The molecule has 0 saturated carbocycles. The highest BCUT2D eigenvalue weighted by molar-refractivity contribution is 7.26. The number of hydrogen-bond donors (Lipinski definition) is 0. The van der Waals surface area contributed by atoms with Gasteiger partial charge in [0.1, 0.15) is 0 Å². The van der Waals surface area contributed by atoms with Crippen molar-refractivity contribution in [2.45, 2.75) is 6.92 Å². The zero-order chi connectivity index (χ0) is 13.9. The first-order valence-electron chi connectivity index (χ1n) is 6.18. The van der Waals surface area contributed by atoms with Gasteiger partial charge in [-0.15, -0.1) is 34.0 Å². The van der Waals surface area contributed by atoms with E-state index in [1.165, 1.54) is 19.5 Å². The Bertz CT molecular complexity index is 758. The molecule has 0 atom stereocenters. The van der Waals surface area contributed by atoms with Crippen LogP contribution in [0, 0.1) is 0 Å². The molecule has 3 heterocycles. The minimum absolute atomic E-state index is 0.779. The summed E-state index contributed by atoms with van der Waals surface area (Å²) in [5, 5.41) is 0. The zero-order valence-electron chi connectivity index (χ0n) is 10.8. The van der Waals surface area contributed by atoms with Crippen LogP contribution in [0.25, 0.3) is 25.6 Å². The molecule has 0 amide bonds. The topological polar surface area (TPSA) is 17.1 Å². The Hall–Kier alpha value is -1.49. The van der Waals surface area contributed by atoms with Crippen LogP contribution < -0.4 is 0 Å². The van der Waals surface area contributed by atoms with E-state index in [1.54, 1.807) is 34.0 Å². The van der Waals surface area contributed by atoms with Gasteiger partial charge in [-0.05, 0) is 49.4 Å². The van der Waals surface area contributed by atoms with Gasteiger partial charge in [0.2, 0.25) is 0 Å². The van der Waals surface area contributed by atoms with Crippen molar-refractivity contribution in [3.63, 3.8) is 0 Å². The van der Waals surface area contributed by atoms with Crippen LogP contribution in [0.4, 0.5) is 0 Å².